The molecule has 0 radical (unpaired) electrons. The van der Waals surface area contributed by atoms with E-state index in [0.29, 0.717) is 23.5 Å². The fourth-order valence-corrected chi connectivity index (χ4v) is 3.89. The van der Waals surface area contributed by atoms with Crippen LogP contribution in [0.4, 0.5) is 19.0 Å². The molecule has 25 heavy (non-hydrogen) atoms. The number of halogens is 3. The number of rotatable bonds is 3. The van der Waals surface area contributed by atoms with Crippen molar-refractivity contribution in [1.29, 1.82) is 0 Å². The number of aryl methyl sites for hydroxylation is 1. The van der Waals surface area contributed by atoms with E-state index in [-0.39, 0.29) is 6.10 Å². The Labute approximate surface area is 143 Å². The zero-order valence-electron chi connectivity index (χ0n) is 13.8. The van der Waals surface area contributed by atoms with Crippen molar-refractivity contribution in [1.82, 2.24) is 15.2 Å². The van der Waals surface area contributed by atoms with Crippen LogP contribution in [0.5, 0.6) is 5.88 Å². The zero-order valence-corrected chi connectivity index (χ0v) is 13.8. The Morgan fingerprint density at radius 2 is 1.92 bits per heavy atom. The van der Waals surface area contributed by atoms with Gasteiger partial charge in [-0.2, -0.15) is 13.2 Å². The summed E-state index contributed by atoms with van der Waals surface area (Å²) in [5.74, 6) is 1.87. The van der Waals surface area contributed by atoms with Crippen molar-refractivity contribution < 1.29 is 17.9 Å². The molecule has 4 rings (SSSR count). The maximum absolute atomic E-state index is 12.7. The third-order valence-electron chi connectivity index (χ3n) is 5.09. The molecule has 2 aliphatic rings. The Morgan fingerprint density at radius 3 is 2.44 bits per heavy atom. The van der Waals surface area contributed by atoms with E-state index in [0.717, 1.165) is 43.9 Å². The molecule has 2 fully saturated rings. The van der Waals surface area contributed by atoms with E-state index in [1.807, 2.05) is 13.0 Å². The molecule has 2 aromatic heterocycles. The van der Waals surface area contributed by atoms with E-state index in [1.54, 1.807) is 0 Å². The predicted molar refractivity (Wildman–Crippen MR) is 85.4 cm³/mol. The molecule has 1 saturated heterocycles. The van der Waals surface area contributed by atoms with Gasteiger partial charge in [-0.1, -0.05) is 0 Å². The summed E-state index contributed by atoms with van der Waals surface area (Å²) in [6.45, 7) is 3.40. The van der Waals surface area contributed by atoms with E-state index in [2.05, 4.69) is 20.1 Å². The van der Waals surface area contributed by atoms with Crippen LogP contribution in [0.25, 0.3) is 0 Å². The van der Waals surface area contributed by atoms with Gasteiger partial charge >= 0.3 is 6.18 Å². The Hall–Kier alpha value is -2.25. The van der Waals surface area contributed by atoms with Crippen LogP contribution in [-0.4, -0.2) is 34.4 Å². The fraction of sp³-hybridized carbons (Fsp3) is 0.529. The monoisotopic (exact) mass is 352 g/mol. The second kappa shape index (κ2) is 5.93. The van der Waals surface area contributed by atoms with Gasteiger partial charge in [0.1, 0.15) is 11.9 Å². The molecule has 1 unspecified atom stereocenters. The molecule has 5 nitrogen and oxygen atoms in total. The number of anilines is 1. The molecular formula is C17H19F3N4O. The van der Waals surface area contributed by atoms with E-state index >= 15 is 0 Å². The predicted octanol–water partition coefficient (Wildman–Crippen LogP) is 3.43. The first-order valence-electron chi connectivity index (χ1n) is 8.37. The SMILES string of the molecule is Cc1cc(OC2[C@@H]3CC[C@H]2CN(c2ccc(C(F)(F)F)cn2)C3)n[nH]1. The highest BCUT2D eigenvalue weighted by molar-refractivity contribution is 5.41. The van der Waals surface area contributed by atoms with Crippen LogP contribution in [0.1, 0.15) is 24.1 Å². The molecule has 0 spiro atoms. The maximum atomic E-state index is 12.7. The first-order valence-corrected chi connectivity index (χ1v) is 8.37. The van der Waals surface area contributed by atoms with E-state index in [4.69, 9.17) is 4.74 Å². The van der Waals surface area contributed by atoms with Gasteiger partial charge in [0.2, 0.25) is 5.88 Å². The van der Waals surface area contributed by atoms with Crippen LogP contribution in [0.15, 0.2) is 24.4 Å². The number of ether oxygens (including phenoxy) is 1. The Morgan fingerprint density at radius 1 is 1.20 bits per heavy atom. The van der Waals surface area contributed by atoms with Crippen LogP contribution in [-0.2, 0) is 6.18 Å². The van der Waals surface area contributed by atoms with Crippen molar-refractivity contribution in [3.8, 4) is 5.88 Å². The topological polar surface area (TPSA) is 54.0 Å². The van der Waals surface area contributed by atoms with Crippen LogP contribution >= 0.6 is 0 Å². The number of fused-ring (bicyclic) bond motifs is 2. The van der Waals surface area contributed by atoms with Crippen LogP contribution in [0.2, 0.25) is 0 Å². The average Bonchev–Trinajstić information content (AvgIpc) is 3.06. The molecular weight excluding hydrogens is 333 g/mol. The summed E-state index contributed by atoms with van der Waals surface area (Å²) >= 11 is 0. The number of piperidine rings is 1. The van der Waals surface area contributed by atoms with Gasteiger partial charge < -0.3 is 9.64 Å². The summed E-state index contributed by atoms with van der Waals surface area (Å²) in [5, 5.41) is 7.01. The molecule has 2 bridgehead atoms. The van der Waals surface area contributed by atoms with Gasteiger partial charge in [0.05, 0.1) is 5.56 Å². The Bertz CT molecular complexity index is 729. The average molecular weight is 352 g/mol. The van der Waals surface area contributed by atoms with Crippen molar-refractivity contribution in [2.24, 2.45) is 11.8 Å². The van der Waals surface area contributed by atoms with Crippen LogP contribution in [0.3, 0.4) is 0 Å². The smallest absolute Gasteiger partial charge is 0.417 e. The molecule has 2 aromatic rings. The largest absolute Gasteiger partial charge is 0.473 e. The summed E-state index contributed by atoms with van der Waals surface area (Å²) in [6, 6.07) is 4.43. The third-order valence-corrected chi connectivity index (χ3v) is 5.09. The quantitative estimate of drug-likeness (QED) is 0.920. The number of hydrogen-bond acceptors (Lipinski definition) is 4. The van der Waals surface area contributed by atoms with E-state index in [1.165, 1.54) is 6.07 Å². The number of H-pyrrole nitrogens is 1. The minimum absolute atomic E-state index is 0.105. The van der Waals surface area contributed by atoms with Crippen molar-refractivity contribution >= 4 is 5.82 Å². The van der Waals surface area contributed by atoms with E-state index < -0.39 is 11.7 Å². The minimum Gasteiger partial charge on any atom is -0.473 e. The number of aromatic nitrogens is 3. The van der Waals surface area contributed by atoms with Gasteiger partial charge in [-0.25, -0.2) is 4.98 Å². The lowest BCUT2D eigenvalue weighted by molar-refractivity contribution is -0.137. The highest BCUT2D eigenvalue weighted by Gasteiger charge is 2.44. The lowest BCUT2D eigenvalue weighted by atomic mass is 9.94. The number of alkyl halides is 3. The lowest BCUT2D eigenvalue weighted by Gasteiger charge is -2.38. The van der Waals surface area contributed by atoms with Crippen LogP contribution in [0, 0.1) is 18.8 Å². The summed E-state index contributed by atoms with van der Waals surface area (Å²) in [6.07, 6.45) is -1.24. The zero-order chi connectivity index (χ0) is 17.6. The van der Waals surface area contributed by atoms with Crippen molar-refractivity contribution in [3.05, 3.63) is 35.7 Å². The molecule has 3 heterocycles. The van der Waals surface area contributed by atoms with Gasteiger partial charge in [-0.05, 0) is 31.9 Å². The summed E-state index contributed by atoms with van der Waals surface area (Å²) in [4.78, 5) is 6.09. The molecule has 1 N–H and O–H groups in total. The molecule has 8 heteroatoms. The first-order chi connectivity index (χ1) is 11.9. The molecule has 1 saturated carbocycles. The van der Waals surface area contributed by atoms with Gasteiger partial charge in [0.15, 0.2) is 0 Å². The normalized spacial score (nSPS) is 26.1. The number of nitrogens with one attached hydrogen (secondary N) is 1. The number of nitrogens with zero attached hydrogens (tertiary/aromatic N) is 3. The van der Waals surface area contributed by atoms with Gasteiger partial charge in [0, 0.05) is 42.9 Å². The second-order valence-corrected chi connectivity index (χ2v) is 6.88. The number of hydrogen-bond donors (Lipinski definition) is 1. The number of aromatic amines is 1. The minimum atomic E-state index is -4.35. The van der Waals surface area contributed by atoms with Crippen molar-refractivity contribution in [2.45, 2.75) is 32.0 Å². The summed E-state index contributed by atoms with van der Waals surface area (Å²) in [7, 11) is 0. The lowest BCUT2D eigenvalue weighted by Crippen LogP contribution is -2.47. The highest BCUT2D eigenvalue weighted by atomic mass is 19.4. The van der Waals surface area contributed by atoms with Gasteiger partial charge in [0.25, 0.3) is 0 Å². The standard InChI is InChI=1S/C17H19F3N4O/c1-10-6-15(23-22-10)25-16-11-2-3-12(16)9-24(8-11)14-5-4-13(7-21-14)17(18,19)20/h4-7,11-12,16H,2-3,8-9H2,1H3,(H,22,23)/t11-,12+,16?. The molecule has 3 atom stereocenters. The van der Waals surface area contributed by atoms with Gasteiger partial charge in [-0.15, -0.1) is 5.10 Å². The number of pyridine rings is 1. The molecule has 1 aliphatic heterocycles. The molecule has 1 aliphatic carbocycles. The summed E-state index contributed by atoms with van der Waals surface area (Å²) < 4.78 is 44.1. The highest BCUT2D eigenvalue weighted by Crippen LogP contribution is 2.40. The fourth-order valence-electron chi connectivity index (χ4n) is 3.89. The van der Waals surface area contributed by atoms with Crippen molar-refractivity contribution in [2.75, 3.05) is 18.0 Å². The summed E-state index contributed by atoms with van der Waals surface area (Å²) in [5.41, 5.74) is 0.236. The second-order valence-electron chi connectivity index (χ2n) is 6.88. The maximum Gasteiger partial charge on any atom is 0.417 e. The third kappa shape index (κ3) is 3.17. The molecule has 0 amide bonds. The Kier molecular flexibility index (Phi) is 3.85. The van der Waals surface area contributed by atoms with Gasteiger partial charge in [-0.3, -0.25) is 5.10 Å². The van der Waals surface area contributed by atoms with Crippen molar-refractivity contribution in [3.63, 3.8) is 0 Å². The molecule has 0 aromatic carbocycles. The van der Waals surface area contributed by atoms with E-state index in [9.17, 15) is 13.2 Å². The Balaban J connectivity index is 1.46. The molecule has 134 valence electrons. The van der Waals surface area contributed by atoms with Crippen LogP contribution < -0.4 is 9.64 Å². The first kappa shape index (κ1) is 16.2.